The van der Waals surface area contributed by atoms with Crippen LogP contribution in [-0.2, 0) is 32.6 Å². The fraction of sp³-hybridized carbons (Fsp3) is 0.408. The summed E-state index contributed by atoms with van der Waals surface area (Å²) in [5.74, 6) is 2.19. The minimum absolute atomic E-state index is 0.147. The Morgan fingerprint density at radius 3 is 2.21 bits per heavy atom. The molecule has 1 aromatic heterocycles. The topological polar surface area (TPSA) is 145 Å². The third-order valence-electron chi connectivity index (χ3n) is 10.8. The maximum atomic E-state index is 13.8. The predicted octanol–water partition coefficient (Wildman–Crippen LogP) is 7.73. The van der Waals surface area contributed by atoms with E-state index >= 15 is 0 Å². The van der Waals surface area contributed by atoms with Crippen molar-refractivity contribution in [1.82, 2.24) is 20.1 Å². The number of carbonyl (C=O) groups is 2. The van der Waals surface area contributed by atoms with E-state index in [1.54, 1.807) is 39.7 Å². The van der Waals surface area contributed by atoms with Gasteiger partial charge in [0.2, 0.25) is 0 Å². The molecule has 0 atom stereocenters. The van der Waals surface area contributed by atoms with Crippen molar-refractivity contribution in [2.24, 2.45) is 0 Å². The standard InChI is InChI=1S/C49H62N6O8/c1-49(2,3)37-29-36(33-55-19-17-54(4)18-20-55)46(60-7)44(31-37)53-48(57)52-43-12-13-45(42-11-9-8-10-41(42)43)63-39-14-15-50-38(32-39)27-34-26-35(30-40(28-34)59-6)47(56)51-16-21-61-24-25-62-23-22-58-5/h8-15,26,28-32H,16-25,27,33H2,1-7H3,(H,51,56)(H2,52,53,57). The van der Waals surface area contributed by atoms with Crippen LogP contribution in [0, 0.1) is 0 Å². The largest absolute Gasteiger partial charge is 0.497 e. The SMILES string of the molecule is COCCOCCOCCNC(=O)c1cc(Cc2cc(Oc3ccc(NC(=O)Nc4cc(C(C)(C)C)cc(CN5CCN(C)CC5)c4OC)c4ccccc34)ccn2)cc(OC)c1. The number of ether oxygens (including phenoxy) is 6. The van der Waals surface area contributed by atoms with Crippen molar-refractivity contribution in [2.75, 3.05) is 105 Å². The van der Waals surface area contributed by atoms with Gasteiger partial charge in [0.25, 0.3) is 5.91 Å². The zero-order valence-corrected chi connectivity index (χ0v) is 37.7. The number of fused-ring (bicyclic) bond motifs is 1. The first-order chi connectivity index (χ1) is 30.4. The number of urea groups is 1. The number of amides is 3. The molecular weight excluding hydrogens is 801 g/mol. The third kappa shape index (κ3) is 13.4. The van der Waals surface area contributed by atoms with Gasteiger partial charge in [0, 0.05) is 92.7 Å². The summed E-state index contributed by atoms with van der Waals surface area (Å²) in [6.45, 7) is 13.8. The minimum atomic E-state index is -0.384. The van der Waals surface area contributed by atoms with Gasteiger partial charge in [0.15, 0.2) is 0 Å². The van der Waals surface area contributed by atoms with E-state index in [1.807, 2.05) is 60.7 Å². The van der Waals surface area contributed by atoms with E-state index in [-0.39, 0.29) is 17.4 Å². The fourth-order valence-electron chi connectivity index (χ4n) is 7.33. The summed E-state index contributed by atoms with van der Waals surface area (Å²) >= 11 is 0. The van der Waals surface area contributed by atoms with Gasteiger partial charge in [0.1, 0.15) is 23.0 Å². The molecule has 0 spiro atoms. The second-order valence-electron chi connectivity index (χ2n) is 16.6. The van der Waals surface area contributed by atoms with Crippen molar-refractivity contribution in [3.63, 3.8) is 0 Å². The number of benzene rings is 4. The van der Waals surface area contributed by atoms with Crippen molar-refractivity contribution in [2.45, 2.75) is 39.2 Å². The van der Waals surface area contributed by atoms with Gasteiger partial charge in [-0.15, -0.1) is 0 Å². The lowest BCUT2D eigenvalue weighted by molar-refractivity contribution is 0.0255. The van der Waals surface area contributed by atoms with E-state index in [4.69, 9.17) is 28.4 Å². The third-order valence-corrected chi connectivity index (χ3v) is 10.8. The van der Waals surface area contributed by atoms with Crippen molar-refractivity contribution in [3.8, 4) is 23.0 Å². The van der Waals surface area contributed by atoms with Crippen LogP contribution >= 0.6 is 0 Å². The molecular formula is C49H62N6O8. The van der Waals surface area contributed by atoms with Gasteiger partial charge in [-0.1, -0.05) is 51.1 Å². The van der Waals surface area contributed by atoms with E-state index < -0.39 is 0 Å². The summed E-state index contributed by atoms with van der Waals surface area (Å²) in [6, 6.07) is 24.4. The number of rotatable bonds is 20. The van der Waals surface area contributed by atoms with E-state index in [0.29, 0.717) is 85.9 Å². The first-order valence-corrected chi connectivity index (χ1v) is 21.4. The van der Waals surface area contributed by atoms with E-state index in [0.717, 1.165) is 65.9 Å². The molecule has 1 saturated heterocycles. The minimum Gasteiger partial charge on any atom is -0.497 e. The average molecular weight is 863 g/mol. The van der Waals surface area contributed by atoms with Crippen LogP contribution in [-0.4, -0.2) is 121 Å². The molecule has 4 aromatic carbocycles. The second kappa shape index (κ2) is 22.5. The molecule has 2 heterocycles. The van der Waals surface area contributed by atoms with E-state index in [2.05, 4.69) is 64.6 Å². The molecule has 3 amide bonds. The molecule has 1 aliphatic rings. The molecule has 0 aliphatic carbocycles. The zero-order valence-electron chi connectivity index (χ0n) is 37.7. The number of methoxy groups -OCH3 is 3. The molecule has 0 bridgehead atoms. The fourth-order valence-corrected chi connectivity index (χ4v) is 7.33. The Morgan fingerprint density at radius 1 is 0.746 bits per heavy atom. The molecule has 6 rings (SSSR count). The molecule has 63 heavy (non-hydrogen) atoms. The molecule has 336 valence electrons. The van der Waals surface area contributed by atoms with Gasteiger partial charge in [-0.25, -0.2) is 4.79 Å². The number of aromatic nitrogens is 1. The van der Waals surface area contributed by atoms with Crippen LogP contribution in [0.1, 0.15) is 53.5 Å². The summed E-state index contributed by atoms with van der Waals surface area (Å²) in [6.07, 6.45) is 2.13. The normalized spacial score (nSPS) is 13.4. The van der Waals surface area contributed by atoms with E-state index in [9.17, 15) is 9.59 Å². The maximum Gasteiger partial charge on any atom is 0.323 e. The van der Waals surface area contributed by atoms with Gasteiger partial charge >= 0.3 is 6.03 Å². The monoisotopic (exact) mass is 862 g/mol. The van der Waals surface area contributed by atoms with Crippen molar-refractivity contribution < 1.29 is 38.0 Å². The van der Waals surface area contributed by atoms with Crippen LogP contribution in [0.4, 0.5) is 16.2 Å². The molecule has 0 unspecified atom stereocenters. The molecule has 0 radical (unpaired) electrons. The average Bonchev–Trinajstić information content (AvgIpc) is 3.27. The number of nitrogens with one attached hydrogen (secondary N) is 3. The Morgan fingerprint density at radius 2 is 1.48 bits per heavy atom. The summed E-state index contributed by atoms with van der Waals surface area (Å²) in [4.78, 5) is 36.2. The lowest BCUT2D eigenvalue weighted by atomic mass is 9.85. The Balaban J connectivity index is 1.12. The number of anilines is 2. The van der Waals surface area contributed by atoms with Crippen LogP contribution < -0.4 is 30.2 Å². The second-order valence-corrected chi connectivity index (χ2v) is 16.6. The van der Waals surface area contributed by atoms with Crippen LogP contribution in [0.5, 0.6) is 23.0 Å². The molecule has 3 N–H and O–H groups in total. The van der Waals surface area contributed by atoms with Gasteiger partial charge in [-0.2, -0.15) is 0 Å². The van der Waals surface area contributed by atoms with Crippen molar-refractivity contribution in [1.29, 1.82) is 0 Å². The number of hydrogen-bond acceptors (Lipinski definition) is 11. The Hall–Kier alpha value is -5.77. The highest BCUT2D eigenvalue weighted by Crippen LogP contribution is 2.38. The highest BCUT2D eigenvalue weighted by atomic mass is 16.5. The highest BCUT2D eigenvalue weighted by Gasteiger charge is 2.24. The lowest BCUT2D eigenvalue weighted by Gasteiger charge is -2.33. The zero-order chi connectivity index (χ0) is 44.8. The maximum absolute atomic E-state index is 13.8. The number of carbonyl (C=O) groups excluding carboxylic acids is 2. The van der Waals surface area contributed by atoms with E-state index in [1.165, 1.54) is 0 Å². The summed E-state index contributed by atoms with van der Waals surface area (Å²) in [5.41, 5.74) is 5.31. The van der Waals surface area contributed by atoms with Gasteiger partial charge in [-0.05, 0) is 66.1 Å². The first kappa shape index (κ1) is 46.7. The lowest BCUT2D eigenvalue weighted by Crippen LogP contribution is -2.44. The number of hydrogen-bond donors (Lipinski definition) is 3. The summed E-state index contributed by atoms with van der Waals surface area (Å²) in [7, 11) is 7.00. The van der Waals surface area contributed by atoms with Gasteiger partial charge in [-0.3, -0.25) is 14.7 Å². The van der Waals surface area contributed by atoms with Gasteiger partial charge in [0.05, 0.1) is 58.6 Å². The predicted molar refractivity (Wildman–Crippen MR) is 247 cm³/mol. The Bertz CT molecular complexity index is 2310. The number of nitrogens with zero attached hydrogens (tertiary/aromatic N) is 3. The van der Waals surface area contributed by atoms with Crippen LogP contribution in [0.25, 0.3) is 10.8 Å². The Labute approximate surface area is 371 Å². The number of pyridine rings is 1. The molecule has 1 fully saturated rings. The number of likely N-dealkylation sites (N-methyl/N-ethyl adjacent to an activating group) is 1. The summed E-state index contributed by atoms with van der Waals surface area (Å²) < 4.78 is 33.9. The van der Waals surface area contributed by atoms with Gasteiger partial charge < -0.3 is 49.3 Å². The quantitative estimate of drug-likeness (QED) is 0.0662. The molecule has 5 aromatic rings. The highest BCUT2D eigenvalue weighted by molar-refractivity contribution is 6.08. The Kier molecular flexibility index (Phi) is 16.7. The van der Waals surface area contributed by atoms with Crippen LogP contribution in [0.3, 0.4) is 0 Å². The molecule has 14 nitrogen and oxygen atoms in total. The molecule has 0 saturated carbocycles. The number of piperazine rings is 1. The van der Waals surface area contributed by atoms with Crippen LogP contribution in [0.2, 0.25) is 0 Å². The van der Waals surface area contributed by atoms with Crippen molar-refractivity contribution >= 4 is 34.1 Å². The van der Waals surface area contributed by atoms with Crippen LogP contribution in [0.15, 0.2) is 85.1 Å². The summed E-state index contributed by atoms with van der Waals surface area (Å²) in [5, 5.41) is 10.7. The van der Waals surface area contributed by atoms with Crippen molar-refractivity contribution in [3.05, 3.63) is 113 Å². The molecule has 1 aliphatic heterocycles. The smallest absolute Gasteiger partial charge is 0.323 e. The first-order valence-electron chi connectivity index (χ1n) is 21.4. The molecule has 14 heteroatoms.